The van der Waals surface area contributed by atoms with Gasteiger partial charge in [-0.2, -0.15) is 5.26 Å². The van der Waals surface area contributed by atoms with Gasteiger partial charge in [0.1, 0.15) is 17.6 Å². The second-order valence-corrected chi connectivity index (χ2v) is 8.45. The fourth-order valence-corrected chi connectivity index (χ4v) is 4.27. The molecule has 1 aromatic heterocycles. The Labute approximate surface area is 197 Å². The van der Waals surface area contributed by atoms with Crippen LogP contribution in [0.2, 0.25) is 5.02 Å². The summed E-state index contributed by atoms with van der Waals surface area (Å²) in [6.07, 6.45) is 8.97. The highest BCUT2D eigenvalue weighted by molar-refractivity contribution is 6.31. The third-order valence-corrected chi connectivity index (χ3v) is 6.22. The number of nitrogens with one attached hydrogen (secondary N) is 2. The van der Waals surface area contributed by atoms with Gasteiger partial charge in [0.15, 0.2) is 0 Å². The van der Waals surface area contributed by atoms with Crippen LogP contribution < -0.4 is 15.4 Å². The average molecular weight is 466 g/mol. The number of fused-ring (bicyclic) bond motifs is 1. The second-order valence-electron chi connectivity index (χ2n) is 8.04. The monoisotopic (exact) mass is 465 g/mol. The fourth-order valence-electron chi connectivity index (χ4n) is 4.09. The molecular weight excluding hydrogens is 441 g/mol. The summed E-state index contributed by atoms with van der Waals surface area (Å²) in [5.41, 5.74) is 2.89. The van der Waals surface area contributed by atoms with Crippen LogP contribution in [-0.2, 0) is 0 Å². The van der Waals surface area contributed by atoms with Gasteiger partial charge in [0.2, 0.25) is 0 Å². The highest BCUT2D eigenvalue weighted by Crippen LogP contribution is 2.36. The molecule has 2 heterocycles. The van der Waals surface area contributed by atoms with E-state index in [0.29, 0.717) is 34.2 Å². The number of hydrogen-bond donors (Lipinski definition) is 2. The van der Waals surface area contributed by atoms with Crippen LogP contribution in [-0.4, -0.2) is 36.6 Å². The van der Waals surface area contributed by atoms with Crippen molar-refractivity contribution in [1.29, 1.82) is 5.26 Å². The zero-order chi connectivity index (χ0) is 23.4. The topological polar surface area (TPSA) is 73.2 Å². The number of methoxy groups -OCH3 is 1. The first-order valence-electron chi connectivity index (χ1n) is 10.7. The van der Waals surface area contributed by atoms with Gasteiger partial charge in [-0.15, -0.1) is 0 Å². The molecule has 0 bridgehead atoms. The number of benzene rings is 2. The summed E-state index contributed by atoms with van der Waals surface area (Å²) in [4.78, 5) is 6.80. The van der Waals surface area contributed by atoms with Gasteiger partial charge in [-0.1, -0.05) is 17.7 Å². The number of likely N-dealkylation sites (tertiary alicyclic amines) is 1. The van der Waals surface area contributed by atoms with Crippen molar-refractivity contribution in [3.8, 4) is 11.8 Å². The van der Waals surface area contributed by atoms with Gasteiger partial charge in [-0.05, 0) is 63.3 Å². The zero-order valence-electron chi connectivity index (χ0n) is 18.5. The molecule has 2 N–H and O–H groups in total. The van der Waals surface area contributed by atoms with Gasteiger partial charge in [-0.25, -0.2) is 4.39 Å². The molecule has 33 heavy (non-hydrogen) atoms. The van der Waals surface area contributed by atoms with Crippen LogP contribution in [0.1, 0.15) is 24.8 Å². The molecule has 0 unspecified atom stereocenters. The van der Waals surface area contributed by atoms with E-state index in [4.69, 9.17) is 16.3 Å². The van der Waals surface area contributed by atoms with Crippen molar-refractivity contribution < 1.29 is 9.13 Å². The molecule has 1 saturated heterocycles. The van der Waals surface area contributed by atoms with Crippen molar-refractivity contribution >= 4 is 39.6 Å². The number of anilines is 3. The quantitative estimate of drug-likeness (QED) is 0.441. The molecule has 1 fully saturated rings. The number of pyridine rings is 1. The highest BCUT2D eigenvalue weighted by Gasteiger charge is 2.19. The molecule has 6 nitrogen and oxygen atoms in total. The van der Waals surface area contributed by atoms with Gasteiger partial charge in [0.25, 0.3) is 0 Å². The summed E-state index contributed by atoms with van der Waals surface area (Å²) >= 11 is 5.93. The number of nitrogens with zero attached hydrogens (tertiary/aromatic N) is 3. The predicted molar refractivity (Wildman–Crippen MR) is 131 cm³/mol. The summed E-state index contributed by atoms with van der Waals surface area (Å²) in [7, 11) is 3.76. The molecule has 3 aromatic rings. The van der Waals surface area contributed by atoms with Gasteiger partial charge in [0.05, 0.1) is 34.6 Å². The first kappa shape index (κ1) is 22.8. The van der Waals surface area contributed by atoms with Crippen LogP contribution in [0.4, 0.5) is 21.5 Å². The number of ether oxygens (including phenoxy) is 1. The molecule has 1 aliphatic heterocycles. The Bertz CT molecular complexity index is 1240. The Morgan fingerprint density at radius 2 is 2.21 bits per heavy atom. The van der Waals surface area contributed by atoms with Crippen LogP contribution in [0.3, 0.4) is 0 Å². The smallest absolute Gasteiger partial charge is 0.144 e. The van der Waals surface area contributed by atoms with E-state index < -0.39 is 5.82 Å². The summed E-state index contributed by atoms with van der Waals surface area (Å²) in [5.74, 6) is 0.132. The predicted octanol–water partition coefficient (Wildman–Crippen LogP) is 6.06. The molecule has 4 rings (SSSR count). The van der Waals surface area contributed by atoms with Crippen LogP contribution in [0.15, 0.2) is 48.8 Å². The highest BCUT2D eigenvalue weighted by atomic mass is 35.5. The van der Waals surface area contributed by atoms with Crippen molar-refractivity contribution in [2.24, 2.45) is 0 Å². The first-order chi connectivity index (χ1) is 16.0. The van der Waals surface area contributed by atoms with Gasteiger partial charge in [-0.3, -0.25) is 4.98 Å². The van der Waals surface area contributed by atoms with Crippen LogP contribution in [0.5, 0.6) is 5.75 Å². The van der Waals surface area contributed by atoms with Gasteiger partial charge >= 0.3 is 0 Å². The lowest BCUT2D eigenvalue weighted by Crippen LogP contribution is -2.23. The van der Waals surface area contributed by atoms with Crippen LogP contribution in [0.25, 0.3) is 10.9 Å². The molecule has 0 amide bonds. The third-order valence-electron chi connectivity index (χ3n) is 5.93. The lowest BCUT2D eigenvalue weighted by atomic mass is 10.1. The van der Waals surface area contributed by atoms with E-state index in [9.17, 15) is 9.65 Å². The van der Waals surface area contributed by atoms with Crippen LogP contribution >= 0.6 is 11.6 Å². The maximum atomic E-state index is 13.6. The van der Waals surface area contributed by atoms with Crippen LogP contribution in [0, 0.1) is 17.1 Å². The lowest BCUT2D eigenvalue weighted by Gasteiger charge is -2.17. The number of halogens is 2. The molecule has 8 heteroatoms. The van der Waals surface area contributed by atoms with Gasteiger partial charge in [0, 0.05) is 29.4 Å². The Morgan fingerprint density at radius 3 is 2.91 bits per heavy atom. The minimum atomic E-state index is -0.505. The van der Waals surface area contributed by atoms with E-state index in [1.165, 1.54) is 31.2 Å². The fraction of sp³-hybridized carbons (Fsp3) is 0.280. The largest absolute Gasteiger partial charge is 0.494 e. The summed E-state index contributed by atoms with van der Waals surface area (Å²) in [6, 6.07) is 10.8. The molecule has 0 spiro atoms. The molecule has 0 aliphatic carbocycles. The minimum Gasteiger partial charge on any atom is -0.494 e. The maximum absolute atomic E-state index is 13.6. The van der Waals surface area contributed by atoms with E-state index in [0.717, 1.165) is 24.0 Å². The second kappa shape index (κ2) is 10.1. The Balaban J connectivity index is 1.66. The molecule has 1 atom stereocenters. The van der Waals surface area contributed by atoms with Crippen molar-refractivity contribution in [3.63, 3.8) is 0 Å². The summed E-state index contributed by atoms with van der Waals surface area (Å²) < 4.78 is 19.1. The number of nitriles is 1. The van der Waals surface area contributed by atoms with Crippen molar-refractivity contribution in [3.05, 3.63) is 65.2 Å². The Kier molecular flexibility index (Phi) is 6.97. The number of aromatic nitrogens is 1. The minimum absolute atomic E-state index is 0.000982. The third kappa shape index (κ3) is 5.03. The van der Waals surface area contributed by atoms with E-state index in [-0.39, 0.29) is 5.02 Å². The first-order valence-corrected chi connectivity index (χ1v) is 11.1. The molecule has 0 radical (unpaired) electrons. The van der Waals surface area contributed by atoms with E-state index in [2.05, 4.69) is 39.7 Å². The maximum Gasteiger partial charge on any atom is 0.144 e. The molecule has 0 saturated carbocycles. The standard InChI is InChI=1S/C25H25ClFN5O/c1-32-10-4-6-18(32)5-3-9-29-23-12-19-22(13-24(23)33-2)30-15-16(14-28)25(19)31-17-7-8-21(27)20(26)11-17/h3,7-9,11-13,15,18,29H,4-6,10H2,1-2H3,(H,30,31)/b9-3+/t18-/m1/s1. The molecule has 2 aromatic carbocycles. The normalized spacial score (nSPS) is 16.3. The van der Waals surface area contributed by atoms with Crippen molar-refractivity contribution in [2.75, 3.05) is 31.3 Å². The SMILES string of the molecule is COc1cc2ncc(C#N)c(Nc3ccc(F)c(Cl)c3)c2cc1N/C=C/C[C@@H]1CCCN1C. The van der Waals surface area contributed by atoms with Gasteiger partial charge < -0.3 is 20.3 Å². The molecule has 170 valence electrons. The summed E-state index contributed by atoms with van der Waals surface area (Å²) in [5, 5.41) is 16.9. The van der Waals surface area contributed by atoms with E-state index in [1.807, 2.05) is 18.3 Å². The molecule has 1 aliphatic rings. The van der Waals surface area contributed by atoms with Crippen molar-refractivity contribution in [1.82, 2.24) is 9.88 Å². The lowest BCUT2D eigenvalue weighted by molar-refractivity contribution is 0.313. The Hall–Kier alpha value is -3.34. The molecular formula is C25H25ClFN5O. The number of rotatable bonds is 7. The Morgan fingerprint density at radius 1 is 1.36 bits per heavy atom. The average Bonchev–Trinajstić information content (AvgIpc) is 3.23. The number of hydrogen-bond acceptors (Lipinski definition) is 6. The van der Waals surface area contributed by atoms with E-state index >= 15 is 0 Å². The zero-order valence-corrected chi connectivity index (χ0v) is 19.3. The van der Waals surface area contributed by atoms with Crippen molar-refractivity contribution in [2.45, 2.75) is 25.3 Å². The summed E-state index contributed by atoms with van der Waals surface area (Å²) in [6.45, 7) is 1.15. The van der Waals surface area contributed by atoms with E-state index in [1.54, 1.807) is 13.2 Å².